The Bertz CT molecular complexity index is 556. The van der Waals surface area contributed by atoms with Gasteiger partial charge in [-0.1, -0.05) is 18.2 Å². The van der Waals surface area contributed by atoms with Crippen LogP contribution >= 0.6 is 0 Å². The molecular weight excluding hydrogens is 216 g/mol. The maximum Gasteiger partial charge on any atom is 0.335 e. The third-order valence-corrected chi connectivity index (χ3v) is 2.65. The standard InChI is InChI=1S/C14H12O3/c1-9-8-11(14(16)17)4-7-13(9)10-2-5-12(15)6-3-10/h2-8,15H,1H3,(H,16,17). The molecule has 0 saturated carbocycles. The third-order valence-electron chi connectivity index (χ3n) is 2.65. The van der Waals surface area contributed by atoms with E-state index in [9.17, 15) is 9.90 Å². The van der Waals surface area contributed by atoms with Crippen LogP contribution in [0.25, 0.3) is 11.1 Å². The van der Waals surface area contributed by atoms with Gasteiger partial charge < -0.3 is 10.2 Å². The number of carboxylic acid groups (broad SMARTS) is 1. The highest BCUT2D eigenvalue weighted by atomic mass is 16.4. The lowest BCUT2D eigenvalue weighted by molar-refractivity contribution is 0.0697. The number of benzene rings is 2. The van der Waals surface area contributed by atoms with E-state index < -0.39 is 5.97 Å². The van der Waals surface area contributed by atoms with Crippen molar-refractivity contribution in [3.63, 3.8) is 0 Å². The summed E-state index contributed by atoms with van der Waals surface area (Å²) >= 11 is 0. The summed E-state index contributed by atoms with van der Waals surface area (Å²) in [5, 5.41) is 18.1. The van der Waals surface area contributed by atoms with E-state index >= 15 is 0 Å². The summed E-state index contributed by atoms with van der Waals surface area (Å²) in [4.78, 5) is 10.8. The highest BCUT2D eigenvalue weighted by Gasteiger charge is 2.07. The quantitative estimate of drug-likeness (QED) is 0.830. The van der Waals surface area contributed by atoms with Gasteiger partial charge in [-0.2, -0.15) is 0 Å². The minimum absolute atomic E-state index is 0.216. The number of phenols is 1. The number of carbonyl (C=O) groups is 1. The van der Waals surface area contributed by atoms with Gasteiger partial charge in [0.05, 0.1) is 5.56 Å². The molecule has 0 aromatic heterocycles. The van der Waals surface area contributed by atoms with Crippen LogP contribution in [0, 0.1) is 6.92 Å². The van der Waals surface area contributed by atoms with Gasteiger partial charge in [0.2, 0.25) is 0 Å². The molecule has 0 radical (unpaired) electrons. The summed E-state index contributed by atoms with van der Waals surface area (Å²) in [5.74, 6) is -0.709. The smallest absolute Gasteiger partial charge is 0.335 e. The van der Waals surface area contributed by atoms with Crippen molar-refractivity contribution < 1.29 is 15.0 Å². The van der Waals surface area contributed by atoms with Crippen LogP contribution in [0.4, 0.5) is 0 Å². The number of rotatable bonds is 2. The Hall–Kier alpha value is -2.29. The molecule has 86 valence electrons. The molecule has 2 aromatic rings. The first-order valence-electron chi connectivity index (χ1n) is 5.21. The zero-order chi connectivity index (χ0) is 12.4. The summed E-state index contributed by atoms with van der Waals surface area (Å²) in [5.41, 5.74) is 3.10. The van der Waals surface area contributed by atoms with E-state index in [2.05, 4.69) is 0 Å². The summed E-state index contributed by atoms with van der Waals surface area (Å²) < 4.78 is 0. The molecule has 0 unspecified atom stereocenters. The molecule has 2 N–H and O–H groups in total. The summed E-state index contributed by atoms with van der Waals surface area (Å²) in [6.07, 6.45) is 0. The maximum atomic E-state index is 10.8. The van der Waals surface area contributed by atoms with Crippen LogP contribution < -0.4 is 0 Å². The summed E-state index contributed by atoms with van der Waals surface area (Å²) in [6.45, 7) is 1.87. The van der Waals surface area contributed by atoms with E-state index in [4.69, 9.17) is 5.11 Å². The van der Waals surface area contributed by atoms with Crippen LogP contribution in [0.1, 0.15) is 15.9 Å². The van der Waals surface area contributed by atoms with Gasteiger partial charge in [-0.05, 0) is 47.9 Å². The highest BCUT2D eigenvalue weighted by molar-refractivity contribution is 5.89. The van der Waals surface area contributed by atoms with Crippen molar-refractivity contribution in [1.29, 1.82) is 0 Å². The predicted molar refractivity (Wildman–Crippen MR) is 65.2 cm³/mol. The normalized spacial score (nSPS) is 10.2. The van der Waals surface area contributed by atoms with E-state index in [1.807, 2.05) is 6.92 Å². The number of aromatic carboxylic acids is 1. The van der Waals surface area contributed by atoms with Crippen LogP contribution in [0.5, 0.6) is 5.75 Å². The minimum Gasteiger partial charge on any atom is -0.508 e. The van der Waals surface area contributed by atoms with Gasteiger partial charge in [-0.3, -0.25) is 0 Å². The Morgan fingerprint density at radius 1 is 1.06 bits per heavy atom. The van der Waals surface area contributed by atoms with Gasteiger partial charge in [-0.15, -0.1) is 0 Å². The van der Waals surface area contributed by atoms with Crippen molar-refractivity contribution in [2.24, 2.45) is 0 Å². The molecule has 0 fully saturated rings. The fourth-order valence-corrected chi connectivity index (χ4v) is 1.76. The zero-order valence-corrected chi connectivity index (χ0v) is 9.34. The van der Waals surface area contributed by atoms with Crippen molar-refractivity contribution in [3.05, 3.63) is 53.6 Å². The molecule has 17 heavy (non-hydrogen) atoms. The van der Waals surface area contributed by atoms with Crippen LogP contribution in [-0.4, -0.2) is 16.2 Å². The fourth-order valence-electron chi connectivity index (χ4n) is 1.76. The van der Waals surface area contributed by atoms with Crippen LogP contribution in [-0.2, 0) is 0 Å². The highest BCUT2D eigenvalue weighted by Crippen LogP contribution is 2.25. The molecule has 0 atom stereocenters. The second-order valence-corrected chi connectivity index (χ2v) is 3.88. The minimum atomic E-state index is -0.926. The summed E-state index contributed by atoms with van der Waals surface area (Å²) in [7, 11) is 0. The Kier molecular flexibility index (Phi) is 2.83. The van der Waals surface area contributed by atoms with Crippen molar-refractivity contribution in [2.75, 3.05) is 0 Å². The van der Waals surface area contributed by atoms with Crippen LogP contribution in [0.2, 0.25) is 0 Å². The van der Waals surface area contributed by atoms with Gasteiger partial charge in [0.1, 0.15) is 5.75 Å². The molecule has 0 bridgehead atoms. The molecule has 0 spiro atoms. The molecule has 3 nitrogen and oxygen atoms in total. The largest absolute Gasteiger partial charge is 0.508 e. The zero-order valence-electron chi connectivity index (χ0n) is 9.34. The fraction of sp³-hybridized carbons (Fsp3) is 0.0714. The number of hydrogen-bond donors (Lipinski definition) is 2. The Morgan fingerprint density at radius 2 is 1.71 bits per heavy atom. The number of aryl methyl sites for hydroxylation is 1. The van der Waals surface area contributed by atoms with Gasteiger partial charge in [0.15, 0.2) is 0 Å². The lowest BCUT2D eigenvalue weighted by Crippen LogP contribution is -1.97. The first-order chi connectivity index (χ1) is 8.08. The number of hydrogen-bond acceptors (Lipinski definition) is 2. The molecule has 3 heteroatoms. The topological polar surface area (TPSA) is 57.5 Å². The number of carboxylic acids is 1. The van der Waals surface area contributed by atoms with E-state index in [1.54, 1.807) is 42.5 Å². The molecule has 0 amide bonds. The lowest BCUT2D eigenvalue weighted by atomic mass is 9.98. The maximum absolute atomic E-state index is 10.8. The monoisotopic (exact) mass is 228 g/mol. The van der Waals surface area contributed by atoms with E-state index in [0.29, 0.717) is 0 Å². The molecule has 0 aliphatic heterocycles. The van der Waals surface area contributed by atoms with Crippen LogP contribution in [0.3, 0.4) is 0 Å². The molecule has 0 saturated heterocycles. The predicted octanol–water partition coefficient (Wildman–Crippen LogP) is 3.07. The second kappa shape index (κ2) is 4.29. The van der Waals surface area contributed by atoms with Crippen molar-refractivity contribution in [2.45, 2.75) is 6.92 Å². The Labute approximate surface area is 99.0 Å². The van der Waals surface area contributed by atoms with E-state index in [-0.39, 0.29) is 11.3 Å². The van der Waals surface area contributed by atoms with Crippen molar-refractivity contribution >= 4 is 5.97 Å². The van der Waals surface area contributed by atoms with E-state index in [1.165, 1.54) is 0 Å². The van der Waals surface area contributed by atoms with Gasteiger partial charge in [0.25, 0.3) is 0 Å². The molecule has 0 aliphatic rings. The lowest BCUT2D eigenvalue weighted by Gasteiger charge is -2.07. The average molecular weight is 228 g/mol. The SMILES string of the molecule is Cc1cc(C(=O)O)ccc1-c1ccc(O)cc1. The number of aromatic hydroxyl groups is 1. The molecular formula is C14H12O3. The van der Waals surface area contributed by atoms with Crippen molar-refractivity contribution in [3.8, 4) is 16.9 Å². The number of phenolic OH excluding ortho intramolecular Hbond substituents is 1. The van der Waals surface area contributed by atoms with Crippen molar-refractivity contribution in [1.82, 2.24) is 0 Å². The van der Waals surface area contributed by atoms with Gasteiger partial charge >= 0.3 is 5.97 Å². The second-order valence-electron chi connectivity index (χ2n) is 3.88. The van der Waals surface area contributed by atoms with Gasteiger partial charge in [-0.25, -0.2) is 4.79 Å². The first kappa shape index (κ1) is 11.2. The van der Waals surface area contributed by atoms with E-state index in [0.717, 1.165) is 16.7 Å². The molecule has 2 rings (SSSR count). The third kappa shape index (κ3) is 2.28. The summed E-state index contributed by atoms with van der Waals surface area (Å²) in [6, 6.07) is 11.8. The Morgan fingerprint density at radius 3 is 2.24 bits per heavy atom. The molecule has 2 aromatic carbocycles. The van der Waals surface area contributed by atoms with Crippen LogP contribution in [0.15, 0.2) is 42.5 Å². The first-order valence-corrected chi connectivity index (χ1v) is 5.21. The Balaban J connectivity index is 2.46. The molecule has 0 aliphatic carbocycles. The van der Waals surface area contributed by atoms with Gasteiger partial charge in [0, 0.05) is 0 Å². The average Bonchev–Trinajstić information content (AvgIpc) is 2.30. The molecule has 0 heterocycles.